The number of amides is 1. The van der Waals surface area contributed by atoms with Crippen LogP contribution in [-0.4, -0.2) is 52.6 Å². The number of unbranched alkanes of at least 4 members (excludes halogenated alkanes) is 6. The number of nitrogens with zero attached hydrogens (tertiary/aromatic N) is 1. The van der Waals surface area contributed by atoms with Gasteiger partial charge in [-0.25, -0.2) is 9.59 Å². The Morgan fingerprint density at radius 1 is 0.963 bits per heavy atom. The highest BCUT2D eigenvalue weighted by atomic mass is 32.2. The molecule has 1 aliphatic heterocycles. The minimum Gasteiger partial charge on any atom is -0.464 e. The number of carbonyl (C=O) groups is 3. The maximum atomic E-state index is 12.9. The quantitative estimate of drug-likeness (QED) is 0.365. The molecule has 0 saturated carbocycles. The molecule has 1 rings (SSSR count). The van der Waals surface area contributed by atoms with E-state index in [-0.39, 0.29) is 19.1 Å². The van der Waals surface area contributed by atoms with Gasteiger partial charge in [0.05, 0.1) is 13.2 Å². The van der Waals surface area contributed by atoms with Crippen molar-refractivity contribution in [2.24, 2.45) is 0 Å². The van der Waals surface area contributed by atoms with E-state index in [1.165, 1.54) is 42.3 Å². The first-order valence-electron chi connectivity index (χ1n) is 10.2. The molecule has 7 heteroatoms. The van der Waals surface area contributed by atoms with Crippen LogP contribution in [0.4, 0.5) is 0 Å². The molecule has 0 aliphatic carbocycles. The van der Waals surface area contributed by atoms with Gasteiger partial charge in [-0.05, 0) is 27.2 Å². The normalized spacial score (nSPS) is 21.9. The summed E-state index contributed by atoms with van der Waals surface area (Å²) in [6.45, 7) is 7.79. The lowest BCUT2D eigenvalue weighted by Crippen LogP contribution is -2.55. The maximum Gasteiger partial charge on any atom is 0.342 e. The minimum absolute atomic E-state index is 0.179. The second-order valence-electron chi connectivity index (χ2n) is 6.92. The van der Waals surface area contributed by atoms with Crippen LogP contribution >= 0.6 is 11.8 Å². The second kappa shape index (κ2) is 12.3. The molecule has 156 valence electrons. The first-order valence-corrected chi connectivity index (χ1v) is 11.2. The van der Waals surface area contributed by atoms with Gasteiger partial charge >= 0.3 is 11.9 Å². The second-order valence-corrected chi connectivity index (χ2v) is 8.33. The summed E-state index contributed by atoms with van der Waals surface area (Å²) in [7, 11) is 0. The number of thioether (sulfide) groups is 1. The number of carbonyl (C=O) groups excluding carboxylic acids is 3. The van der Waals surface area contributed by atoms with Gasteiger partial charge in [0.2, 0.25) is 5.91 Å². The summed E-state index contributed by atoms with van der Waals surface area (Å²) in [5.74, 6) is -0.764. The Kier molecular flexibility index (Phi) is 10.8. The van der Waals surface area contributed by atoms with Crippen LogP contribution in [-0.2, 0) is 23.9 Å². The first kappa shape index (κ1) is 23.8. The van der Waals surface area contributed by atoms with E-state index < -0.39 is 22.9 Å². The largest absolute Gasteiger partial charge is 0.464 e. The number of hydrogen-bond donors (Lipinski definition) is 0. The zero-order valence-electron chi connectivity index (χ0n) is 17.3. The van der Waals surface area contributed by atoms with Crippen LogP contribution in [0.15, 0.2) is 0 Å². The molecule has 1 heterocycles. The van der Waals surface area contributed by atoms with E-state index in [1.807, 2.05) is 0 Å². The van der Waals surface area contributed by atoms with Crippen LogP contribution in [0.2, 0.25) is 0 Å². The maximum absolute atomic E-state index is 12.9. The van der Waals surface area contributed by atoms with E-state index >= 15 is 0 Å². The van der Waals surface area contributed by atoms with Gasteiger partial charge in [0.25, 0.3) is 0 Å². The Balaban J connectivity index is 2.72. The molecule has 1 amide bonds. The van der Waals surface area contributed by atoms with Crippen molar-refractivity contribution >= 4 is 29.6 Å². The van der Waals surface area contributed by atoms with Gasteiger partial charge < -0.3 is 14.4 Å². The van der Waals surface area contributed by atoms with Crippen LogP contribution in [0.3, 0.4) is 0 Å². The Morgan fingerprint density at radius 3 is 2.15 bits per heavy atom. The molecule has 27 heavy (non-hydrogen) atoms. The highest BCUT2D eigenvalue weighted by molar-refractivity contribution is 8.01. The summed E-state index contributed by atoms with van der Waals surface area (Å²) in [4.78, 5) is 38.0. The average molecular weight is 402 g/mol. The van der Waals surface area contributed by atoms with E-state index in [0.29, 0.717) is 12.2 Å². The molecule has 1 fully saturated rings. The molecule has 0 aromatic carbocycles. The summed E-state index contributed by atoms with van der Waals surface area (Å²) in [5.41, 5.74) is 0. The van der Waals surface area contributed by atoms with Crippen molar-refractivity contribution in [1.29, 1.82) is 0 Å². The summed E-state index contributed by atoms with van der Waals surface area (Å²) >= 11 is 1.27. The van der Waals surface area contributed by atoms with Crippen molar-refractivity contribution in [3.63, 3.8) is 0 Å². The van der Waals surface area contributed by atoms with Gasteiger partial charge in [0, 0.05) is 12.2 Å². The van der Waals surface area contributed by atoms with E-state index in [0.717, 1.165) is 19.3 Å². The van der Waals surface area contributed by atoms with Gasteiger partial charge in [0.1, 0.15) is 6.04 Å². The molecule has 0 N–H and O–H groups in total. The molecule has 1 saturated heterocycles. The third kappa shape index (κ3) is 6.70. The van der Waals surface area contributed by atoms with Crippen molar-refractivity contribution in [1.82, 2.24) is 4.90 Å². The molecule has 2 unspecified atom stereocenters. The molecule has 6 nitrogen and oxygen atoms in total. The standard InChI is InChI=1S/C20H35NO5S/c1-5-8-9-10-11-12-13-14-17(22)21-16(18(23)25-6-2)15-27-20(21,4)19(24)26-7-3/h16H,5-15H2,1-4H3. The van der Waals surface area contributed by atoms with Gasteiger partial charge in [-0.15, -0.1) is 11.8 Å². The fourth-order valence-electron chi connectivity index (χ4n) is 3.28. The van der Waals surface area contributed by atoms with Crippen LogP contribution in [0, 0.1) is 0 Å². The zero-order chi connectivity index (χ0) is 20.3. The van der Waals surface area contributed by atoms with Gasteiger partial charge in [-0.1, -0.05) is 45.4 Å². The molecule has 0 aromatic rings. The number of hydrogen-bond acceptors (Lipinski definition) is 6. The Bertz CT molecular complexity index is 499. The fraction of sp³-hybridized carbons (Fsp3) is 0.850. The number of esters is 2. The fourth-order valence-corrected chi connectivity index (χ4v) is 4.59. The molecular weight excluding hydrogens is 366 g/mol. The predicted molar refractivity (Wildman–Crippen MR) is 107 cm³/mol. The SMILES string of the molecule is CCCCCCCCCC(=O)N1C(C(=O)OCC)CSC1(C)C(=O)OCC. The molecule has 1 aliphatic rings. The smallest absolute Gasteiger partial charge is 0.342 e. The van der Waals surface area contributed by atoms with Gasteiger partial charge in [0.15, 0.2) is 4.87 Å². The molecule has 0 spiro atoms. The van der Waals surface area contributed by atoms with E-state index in [1.54, 1.807) is 20.8 Å². The van der Waals surface area contributed by atoms with Crippen LogP contribution in [0.5, 0.6) is 0 Å². The van der Waals surface area contributed by atoms with Crippen LogP contribution in [0.1, 0.15) is 79.1 Å². The van der Waals surface area contributed by atoms with Crippen molar-refractivity contribution in [2.75, 3.05) is 19.0 Å². The average Bonchev–Trinajstić information content (AvgIpc) is 3.00. The summed E-state index contributed by atoms with van der Waals surface area (Å²) in [6, 6.07) is -0.735. The van der Waals surface area contributed by atoms with Gasteiger partial charge in [-0.2, -0.15) is 0 Å². The van der Waals surface area contributed by atoms with Crippen molar-refractivity contribution in [3.8, 4) is 0 Å². The van der Waals surface area contributed by atoms with Crippen molar-refractivity contribution in [3.05, 3.63) is 0 Å². The Hall–Kier alpha value is -1.24. The third-order valence-corrected chi connectivity index (χ3v) is 6.18. The van der Waals surface area contributed by atoms with Crippen molar-refractivity contribution in [2.45, 2.75) is 90.0 Å². The van der Waals surface area contributed by atoms with Gasteiger partial charge in [-0.3, -0.25) is 4.79 Å². The summed E-state index contributed by atoms with van der Waals surface area (Å²) in [6.07, 6.45) is 8.08. The molecule has 0 radical (unpaired) electrons. The number of rotatable bonds is 12. The van der Waals surface area contributed by atoms with Crippen molar-refractivity contribution < 1.29 is 23.9 Å². The highest BCUT2D eigenvalue weighted by Gasteiger charge is 2.55. The molecular formula is C20H35NO5S. The third-order valence-electron chi connectivity index (χ3n) is 4.77. The first-order chi connectivity index (χ1) is 12.9. The monoisotopic (exact) mass is 401 g/mol. The number of ether oxygens (including phenoxy) is 2. The predicted octanol–water partition coefficient (Wildman–Crippen LogP) is 3.91. The molecule has 0 aromatic heterocycles. The highest BCUT2D eigenvalue weighted by Crippen LogP contribution is 2.41. The molecule has 2 atom stereocenters. The van der Waals surface area contributed by atoms with E-state index in [2.05, 4.69) is 6.92 Å². The summed E-state index contributed by atoms with van der Waals surface area (Å²) < 4.78 is 10.3. The summed E-state index contributed by atoms with van der Waals surface area (Å²) in [5, 5.41) is 0. The minimum atomic E-state index is -1.17. The van der Waals surface area contributed by atoms with E-state index in [4.69, 9.17) is 9.47 Å². The van der Waals surface area contributed by atoms with E-state index in [9.17, 15) is 14.4 Å². The molecule has 0 bridgehead atoms. The zero-order valence-corrected chi connectivity index (χ0v) is 18.1. The lowest BCUT2D eigenvalue weighted by Gasteiger charge is -2.34. The topological polar surface area (TPSA) is 72.9 Å². The van der Waals surface area contributed by atoms with Crippen LogP contribution in [0.25, 0.3) is 0 Å². The van der Waals surface area contributed by atoms with Crippen LogP contribution < -0.4 is 0 Å². The lowest BCUT2D eigenvalue weighted by atomic mass is 10.1. The Morgan fingerprint density at radius 2 is 1.56 bits per heavy atom. The lowest BCUT2D eigenvalue weighted by molar-refractivity contribution is -0.163. The Labute approximate surface area is 167 Å².